The molecule has 0 bridgehead atoms. The zero-order valence-electron chi connectivity index (χ0n) is 12.9. The molecule has 1 aromatic carbocycles. The van der Waals surface area contributed by atoms with Crippen LogP contribution in [0.25, 0.3) is 0 Å². The molecule has 2 heteroatoms. The van der Waals surface area contributed by atoms with Crippen molar-refractivity contribution in [2.45, 2.75) is 33.1 Å². The Hall–Kier alpha value is -2.09. The van der Waals surface area contributed by atoms with E-state index in [1.165, 1.54) is 5.56 Å². The van der Waals surface area contributed by atoms with Gasteiger partial charge in [-0.2, -0.15) is 0 Å². The Morgan fingerprint density at radius 1 is 1.14 bits per heavy atom. The van der Waals surface area contributed by atoms with E-state index in [0.29, 0.717) is 12.5 Å². The van der Waals surface area contributed by atoms with Gasteiger partial charge in [0.25, 0.3) is 5.91 Å². The molecular formula is C19H21NO. The Labute approximate surface area is 126 Å². The summed E-state index contributed by atoms with van der Waals surface area (Å²) in [5, 5.41) is 0. The van der Waals surface area contributed by atoms with E-state index in [1.54, 1.807) is 0 Å². The molecule has 2 aliphatic rings. The summed E-state index contributed by atoms with van der Waals surface area (Å²) in [5.74, 6) is 0.639. The maximum Gasteiger partial charge on any atom is 0.259 e. The first-order chi connectivity index (χ1) is 10.1. The van der Waals surface area contributed by atoms with Crippen LogP contribution in [0.2, 0.25) is 0 Å². The maximum atomic E-state index is 12.7. The fourth-order valence-electron chi connectivity index (χ4n) is 2.97. The summed E-state index contributed by atoms with van der Waals surface area (Å²) < 4.78 is 0. The van der Waals surface area contributed by atoms with Crippen LogP contribution < -0.4 is 4.90 Å². The highest BCUT2D eigenvalue weighted by atomic mass is 16.2. The number of benzene rings is 1. The van der Waals surface area contributed by atoms with Crippen LogP contribution in [0.15, 0.2) is 59.2 Å². The van der Waals surface area contributed by atoms with Gasteiger partial charge in [0.1, 0.15) is 0 Å². The Morgan fingerprint density at radius 2 is 1.86 bits per heavy atom. The molecule has 0 N–H and O–H groups in total. The Morgan fingerprint density at radius 3 is 2.52 bits per heavy atom. The topological polar surface area (TPSA) is 20.3 Å². The van der Waals surface area contributed by atoms with Gasteiger partial charge in [-0.25, -0.2) is 0 Å². The first-order valence-corrected chi connectivity index (χ1v) is 7.56. The van der Waals surface area contributed by atoms with Crippen molar-refractivity contribution in [3.8, 4) is 0 Å². The Balaban J connectivity index is 1.95. The van der Waals surface area contributed by atoms with Crippen molar-refractivity contribution in [1.29, 1.82) is 0 Å². The monoisotopic (exact) mass is 279 g/mol. The van der Waals surface area contributed by atoms with E-state index in [9.17, 15) is 4.79 Å². The molecule has 0 radical (unpaired) electrons. The number of hydrogen-bond donors (Lipinski definition) is 0. The van der Waals surface area contributed by atoms with Gasteiger partial charge in [-0.3, -0.25) is 4.79 Å². The zero-order valence-corrected chi connectivity index (χ0v) is 12.9. The summed E-state index contributed by atoms with van der Waals surface area (Å²) in [7, 11) is 0. The Bertz CT molecular complexity index is 659. The normalized spacial score (nSPS) is 18.2. The number of carbonyl (C=O) groups is 1. The van der Waals surface area contributed by atoms with Crippen LogP contribution in [0, 0.1) is 0 Å². The van der Waals surface area contributed by atoms with Crippen molar-refractivity contribution >= 4 is 11.6 Å². The standard InChI is InChI=1S/C19H21NO/c1-13(2)15-8-10-17(11-9-15)20-12-16-7-5-4-6-14(3)18(16)19(20)21/h4,6-11,13H,5,12H2,1-3H3. The number of rotatable bonds is 2. The van der Waals surface area contributed by atoms with Crippen LogP contribution in [-0.4, -0.2) is 12.5 Å². The number of fused-ring (bicyclic) bond motifs is 1. The first kappa shape index (κ1) is 13.9. The lowest BCUT2D eigenvalue weighted by molar-refractivity contribution is -0.114. The number of nitrogens with zero attached hydrogens (tertiary/aromatic N) is 1. The molecule has 1 aliphatic carbocycles. The SMILES string of the molecule is CC1=C2C(=O)N(c3ccc(C(C)C)cc3)CC2=CCC=C1. The van der Waals surface area contributed by atoms with Gasteiger partial charge in [0, 0.05) is 11.3 Å². The number of amides is 1. The molecule has 0 unspecified atom stereocenters. The minimum Gasteiger partial charge on any atom is -0.304 e. The van der Waals surface area contributed by atoms with Crippen LogP contribution in [0.4, 0.5) is 5.69 Å². The molecule has 0 spiro atoms. The summed E-state index contributed by atoms with van der Waals surface area (Å²) in [6.45, 7) is 7.07. The predicted octanol–water partition coefficient (Wildman–Crippen LogP) is 4.36. The van der Waals surface area contributed by atoms with Crippen LogP contribution >= 0.6 is 0 Å². The van der Waals surface area contributed by atoms with Crippen molar-refractivity contribution < 1.29 is 4.79 Å². The van der Waals surface area contributed by atoms with Crippen molar-refractivity contribution in [3.05, 3.63) is 64.8 Å². The lowest BCUT2D eigenvalue weighted by Crippen LogP contribution is -2.24. The zero-order chi connectivity index (χ0) is 15.0. The van der Waals surface area contributed by atoms with E-state index >= 15 is 0 Å². The van der Waals surface area contributed by atoms with E-state index in [-0.39, 0.29) is 5.91 Å². The van der Waals surface area contributed by atoms with E-state index in [0.717, 1.165) is 28.8 Å². The summed E-state index contributed by atoms with van der Waals surface area (Å²) in [6.07, 6.45) is 7.25. The first-order valence-electron chi connectivity index (χ1n) is 7.56. The maximum absolute atomic E-state index is 12.7. The fraction of sp³-hybridized carbons (Fsp3) is 0.316. The predicted molar refractivity (Wildman–Crippen MR) is 87.4 cm³/mol. The molecule has 108 valence electrons. The highest BCUT2D eigenvalue weighted by Gasteiger charge is 2.32. The van der Waals surface area contributed by atoms with Gasteiger partial charge in [0.2, 0.25) is 0 Å². The lowest BCUT2D eigenvalue weighted by atomic mass is 10.0. The number of allylic oxidation sites excluding steroid dienone is 4. The summed E-state index contributed by atoms with van der Waals surface area (Å²) in [5.41, 5.74) is 5.41. The summed E-state index contributed by atoms with van der Waals surface area (Å²) in [6, 6.07) is 8.36. The molecule has 3 rings (SSSR count). The third kappa shape index (κ3) is 2.46. The second-order valence-corrected chi connectivity index (χ2v) is 6.06. The summed E-state index contributed by atoms with van der Waals surface area (Å²) >= 11 is 0. The third-order valence-corrected chi connectivity index (χ3v) is 4.24. The van der Waals surface area contributed by atoms with Gasteiger partial charge in [0.15, 0.2) is 0 Å². The van der Waals surface area contributed by atoms with Gasteiger partial charge >= 0.3 is 0 Å². The van der Waals surface area contributed by atoms with E-state index in [2.05, 4.69) is 56.3 Å². The van der Waals surface area contributed by atoms with Crippen LogP contribution in [0.1, 0.15) is 38.7 Å². The molecular weight excluding hydrogens is 258 g/mol. The highest BCUT2D eigenvalue weighted by molar-refractivity contribution is 6.13. The minimum atomic E-state index is 0.127. The van der Waals surface area contributed by atoms with Crippen LogP contribution in [-0.2, 0) is 4.79 Å². The molecule has 2 nitrogen and oxygen atoms in total. The highest BCUT2D eigenvalue weighted by Crippen LogP contribution is 2.33. The molecule has 21 heavy (non-hydrogen) atoms. The fourth-order valence-corrected chi connectivity index (χ4v) is 2.97. The van der Waals surface area contributed by atoms with Gasteiger partial charge in [0.05, 0.1) is 6.54 Å². The molecule has 1 aliphatic heterocycles. The van der Waals surface area contributed by atoms with Gasteiger partial charge < -0.3 is 4.90 Å². The molecule has 1 amide bonds. The molecule has 0 saturated carbocycles. The van der Waals surface area contributed by atoms with E-state index in [1.807, 2.05) is 11.8 Å². The summed E-state index contributed by atoms with van der Waals surface area (Å²) in [4.78, 5) is 14.6. The lowest BCUT2D eigenvalue weighted by Gasteiger charge is -2.16. The minimum absolute atomic E-state index is 0.127. The van der Waals surface area contributed by atoms with Crippen molar-refractivity contribution in [2.24, 2.45) is 0 Å². The van der Waals surface area contributed by atoms with Crippen molar-refractivity contribution in [2.75, 3.05) is 11.4 Å². The molecule has 1 fully saturated rings. The van der Waals surface area contributed by atoms with E-state index in [4.69, 9.17) is 0 Å². The largest absolute Gasteiger partial charge is 0.304 e. The van der Waals surface area contributed by atoms with E-state index < -0.39 is 0 Å². The molecule has 0 atom stereocenters. The molecule has 0 aromatic heterocycles. The van der Waals surface area contributed by atoms with Crippen LogP contribution in [0.5, 0.6) is 0 Å². The number of hydrogen-bond acceptors (Lipinski definition) is 1. The number of anilines is 1. The molecule has 1 aromatic rings. The molecule has 1 heterocycles. The Kier molecular flexibility index (Phi) is 3.54. The smallest absolute Gasteiger partial charge is 0.259 e. The van der Waals surface area contributed by atoms with Crippen molar-refractivity contribution in [1.82, 2.24) is 0 Å². The van der Waals surface area contributed by atoms with Gasteiger partial charge in [-0.1, -0.05) is 44.2 Å². The average Bonchev–Trinajstić information content (AvgIpc) is 2.68. The van der Waals surface area contributed by atoms with Crippen LogP contribution in [0.3, 0.4) is 0 Å². The third-order valence-electron chi connectivity index (χ3n) is 4.24. The van der Waals surface area contributed by atoms with Gasteiger partial charge in [-0.05, 0) is 48.1 Å². The quantitative estimate of drug-likeness (QED) is 0.787. The second-order valence-electron chi connectivity index (χ2n) is 6.06. The van der Waals surface area contributed by atoms with Crippen molar-refractivity contribution in [3.63, 3.8) is 0 Å². The second kappa shape index (κ2) is 5.36. The molecule has 1 saturated heterocycles. The average molecular weight is 279 g/mol. The number of carbonyl (C=O) groups excluding carboxylic acids is 1. The van der Waals surface area contributed by atoms with Gasteiger partial charge in [-0.15, -0.1) is 0 Å².